The molecular formula is C11H11BrN2OS2. The van der Waals surface area contributed by atoms with Crippen molar-refractivity contribution in [1.29, 1.82) is 0 Å². The average Bonchev–Trinajstić information content (AvgIpc) is 2.98. The van der Waals surface area contributed by atoms with E-state index in [1.807, 2.05) is 0 Å². The van der Waals surface area contributed by atoms with Gasteiger partial charge in [-0.3, -0.25) is 0 Å². The first-order valence-electron chi connectivity index (χ1n) is 5.35. The number of nitrogens with one attached hydrogen (secondary N) is 1. The molecule has 1 fully saturated rings. The molecule has 17 heavy (non-hydrogen) atoms. The third kappa shape index (κ3) is 2.61. The fourth-order valence-electron chi connectivity index (χ4n) is 1.72. The SMILES string of the molecule is Brc1csc(-c2csc(C3CNCCO3)n2)c1. The summed E-state index contributed by atoms with van der Waals surface area (Å²) in [6.45, 7) is 2.57. The van der Waals surface area contributed by atoms with Crippen molar-refractivity contribution in [3.63, 3.8) is 0 Å². The van der Waals surface area contributed by atoms with Crippen LogP contribution in [0.1, 0.15) is 11.1 Å². The second-order valence-corrected chi connectivity index (χ2v) is 6.48. The van der Waals surface area contributed by atoms with Crippen molar-refractivity contribution >= 4 is 38.6 Å². The summed E-state index contributed by atoms with van der Waals surface area (Å²) in [5, 5.41) is 8.57. The monoisotopic (exact) mass is 330 g/mol. The zero-order chi connectivity index (χ0) is 11.7. The zero-order valence-corrected chi connectivity index (χ0v) is 12.2. The van der Waals surface area contributed by atoms with Gasteiger partial charge in [-0.05, 0) is 22.0 Å². The number of halogens is 1. The number of hydrogen-bond donors (Lipinski definition) is 1. The van der Waals surface area contributed by atoms with Crippen LogP contribution in [0.3, 0.4) is 0 Å². The lowest BCUT2D eigenvalue weighted by molar-refractivity contribution is 0.0276. The van der Waals surface area contributed by atoms with Crippen LogP contribution in [0.15, 0.2) is 21.3 Å². The molecule has 1 aliphatic rings. The molecule has 1 N–H and O–H groups in total. The molecule has 0 aromatic carbocycles. The molecule has 1 saturated heterocycles. The molecule has 0 spiro atoms. The van der Waals surface area contributed by atoms with Crippen LogP contribution in [0.4, 0.5) is 0 Å². The Morgan fingerprint density at radius 3 is 3.06 bits per heavy atom. The van der Waals surface area contributed by atoms with Gasteiger partial charge in [-0.15, -0.1) is 22.7 Å². The van der Waals surface area contributed by atoms with Gasteiger partial charge in [0.05, 0.1) is 17.2 Å². The first-order chi connectivity index (χ1) is 8.33. The van der Waals surface area contributed by atoms with Crippen LogP contribution in [0, 0.1) is 0 Å². The largest absolute Gasteiger partial charge is 0.368 e. The molecule has 2 aromatic rings. The average molecular weight is 331 g/mol. The maximum Gasteiger partial charge on any atom is 0.124 e. The molecule has 2 aromatic heterocycles. The molecule has 0 bridgehead atoms. The van der Waals surface area contributed by atoms with Crippen LogP contribution in [-0.4, -0.2) is 24.7 Å². The topological polar surface area (TPSA) is 34.1 Å². The molecule has 3 heterocycles. The standard InChI is InChI=1S/C11H11BrN2OS2/c12-7-3-10(16-5-7)8-6-17-11(14-8)9-4-13-1-2-15-9/h3,5-6,9,13H,1-2,4H2. The molecule has 90 valence electrons. The molecule has 3 rings (SSSR count). The van der Waals surface area contributed by atoms with Crippen LogP contribution in [-0.2, 0) is 4.74 Å². The number of thiazole rings is 1. The second-order valence-electron chi connectivity index (χ2n) is 3.76. The highest BCUT2D eigenvalue weighted by molar-refractivity contribution is 9.10. The quantitative estimate of drug-likeness (QED) is 0.917. The fourth-order valence-corrected chi connectivity index (χ4v) is 4.05. The lowest BCUT2D eigenvalue weighted by atomic mass is 10.3. The number of rotatable bonds is 2. The van der Waals surface area contributed by atoms with Gasteiger partial charge >= 0.3 is 0 Å². The second kappa shape index (κ2) is 5.16. The number of ether oxygens (including phenoxy) is 1. The molecule has 3 nitrogen and oxygen atoms in total. The number of nitrogens with zero attached hydrogens (tertiary/aromatic N) is 1. The van der Waals surface area contributed by atoms with Gasteiger partial charge in [-0.1, -0.05) is 0 Å². The van der Waals surface area contributed by atoms with Crippen molar-refractivity contribution in [2.75, 3.05) is 19.7 Å². The zero-order valence-electron chi connectivity index (χ0n) is 8.98. The third-order valence-corrected chi connectivity index (χ3v) is 5.20. The number of hydrogen-bond acceptors (Lipinski definition) is 5. The van der Waals surface area contributed by atoms with Gasteiger partial charge in [-0.2, -0.15) is 0 Å². The molecular weight excluding hydrogens is 320 g/mol. The van der Waals surface area contributed by atoms with Gasteiger partial charge in [0.1, 0.15) is 11.1 Å². The molecule has 0 saturated carbocycles. The van der Waals surface area contributed by atoms with E-state index in [4.69, 9.17) is 4.74 Å². The van der Waals surface area contributed by atoms with Crippen LogP contribution in [0.25, 0.3) is 10.6 Å². The molecule has 0 radical (unpaired) electrons. The third-order valence-electron chi connectivity index (χ3n) is 2.54. The van der Waals surface area contributed by atoms with Gasteiger partial charge in [-0.25, -0.2) is 4.98 Å². The Labute approximate surface area is 116 Å². The van der Waals surface area contributed by atoms with Crippen LogP contribution in [0.2, 0.25) is 0 Å². The summed E-state index contributed by atoms with van der Waals surface area (Å²) in [5.41, 5.74) is 1.05. The Balaban J connectivity index is 1.82. The van der Waals surface area contributed by atoms with E-state index in [0.29, 0.717) is 0 Å². The van der Waals surface area contributed by atoms with Gasteiger partial charge in [0.2, 0.25) is 0 Å². The van der Waals surface area contributed by atoms with Crippen molar-refractivity contribution in [1.82, 2.24) is 10.3 Å². The van der Waals surface area contributed by atoms with Crippen molar-refractivity contribution in [2.45, 2.75) is 6.10 Å². The fraction of sp³-hybridized carbons (Fsp3) is 0.364. The minimum atomic E-state index is 0.117. The maximum atomic E-state index is 5.70. The summed E-state index contributed by atoms with van der Waals surface area (Å²) < 4.78 is 6.81. The Bertz CT molecular complexity index is 505. The lowest BCUT2D eigenvalue weighted by Gasteiger charge is -2.21. The molecule has 1 aliphatic heterocycles. The highest BCUT2D eigenvalue weighted by Crippen LogP contribution is 2.32. The Hall–Kier alpha value is -0.270. The van der Waals surface area contributed by atoms with Gasteiger partial charge < -0.3 is 10.1 Å². The minimum absolute atomic E-state index is 0.117. The predicted octanol–water partition coefficient (Wildman–Crippen LogP) is 3.30. The van der Waals surface area contributed by atoms with E-state index in [1.54, 1.807) is 22.7 Å². The Kier molecular flexibility index (Phi) is 3.58. The summed E-state index contributed by atoms with van der Waals surface area (Å²) in [7, 11) is 0. The lowest BCUT2D eigenvalue weighted by Crippen LogP contribution is -2.33. The first-order valence-corrected chi connectivity index (χ1v) is 7.90. The Morgan fingerprint density at radius 2 is 2.35 bits per heavy atom. The normalized spacial score (nSPS) is 20.6. The smallest absolute Gasteiger partial charge is 0.124 e. The Morgan fingerprint density at radius 1 is 1.41 bits per heavy atom. The van der Waals surface area contributed by atoms with Gasteiger partial charge in [0, 0.05) is 28.3 Å². The highest BCUT2D eigenvalue weighted by Gasteiger charge is 2.19. The minimum Gasteiger partial charge on any atom is -0.368 e. The van der Waals surface area contributed by atoms with Crippen molar-refractivity contribution in [3.05, 3.63) is 26.3 Å². The van der Waals surface area contributed by atoms with E-state index in [-0.39, 0.29) is 6.10 Å². The summed E-state index contributed by atoms with van der Waals surface area (Å²) in [4.78, 5) is 5.86. The summed E-state index contributed by atoms with van der Waals surface area (Å²) in [5.74, 6) is 0. The first kappa shape index (κ1) is 11.8. The molecule has 6 heteroatoms. The van der Waals surface area contributed by atoms with E-state index in [2.05, 4.69) is 43.1 Å². The van der Waals surface area contributed by atoms with Crippen molar-refractivity contribution in [3.8, 4) is 10.6 Å². The number of aromatic nitrogens is 1. The molecule has 0 aliphatic carbocycles. The molecule has 1 atom stereocenters. The molecule has 1 unspecified atom stereocenters. The number of morpholine rings is 1. The highest BCUT2D eigenvalue weighted by atomic mass is 79.9. The van der Waals surface area contributed by atoms with Gasteiger partial charge in [0.15, 0.2) is 0 Å². The van der Waals surface area contributed by atoms with Gasteiger partial charge in [0.25, 0.3) is 0 Å². The molecule has 0 amide bonds. The van der Waals surface area contributed by atoms with E-state index < -0.39 is 0 Å². The van der Waals surface area contributed by atoms with E-state index >= 15 is 0 Å². The van der Waals surface area contributed by atoms with Crippen molar-refractivity contribution < 1.29 is 4.74 Å². The van der Waals surface area contributed by atoms with Crippen molar-refractivity contribution in [2.24, 2.45) is 0 Å². The predicted molar refractivity (Wildman–Crippen MR) is 74.7 cm³/mol. The van der Waals surface area contributed by atoms with Crippen LogP contribution < -0.4 is 5.32 Å². The van der Waals surface area contributed by atoms with Crippen LogP contribution >= 0.6 is 38.6 Å². The van der Waals surface area contributed by atoms with E-state index in [1.165, 1.54) is 4.88 Å². The summed E-state index contributed by atoms with van der Waals surface area (Å²) in [6, 6.07) is 2.10. The maximum absolute atomic E-state index is 5.70. The number of thiophene rings is 1. The van der Waals surface area contributed by atoms with E-state index in [0.717, 1.165) is 34.9 Å². The summed E-state index contributed by atoms with van der Waals surface area (Å²) >= 11 is 6.84. The summed E-state index contributed by atoms with van der Waals surface area (Å²) in [6.07, 6.45) is 0.117. The van der Waals surface area contributed by atoms with E-state index in [9.17, 15) is 0 Å². The van der Waals surface area contributed by atoms with Crippen LogP contribution in [0.5, 0.6) is 0 Å².